The van der Waals surface area contributed by atoms with Crippen LogP contribution >= 0.6 is 11.5 Å². The molecule has 5 rings (SSSR count). The van der Waals surface area contributed by atoms with Crippen LogP contribution in [0.1, 0.15) is 28.5 Å². The first-order valence-electron chi connectivity index (χ1n) is 10.0. The number of nitrogens with zero attached hydrogens (tertiary/aromatic N) is 5. The van der Waals surface area contributed by atoms with Gasteiger partial charge in [0.25, 0.3) is 11.5 Å². The van der Waals surface area contributed by atoms with E-state index in [1.807, 2.05) is 10.6 Å². The maximum atomic E-state index is 13.0. The van der Waals surface area contributed by atoms with E-state index in [1.54, 1.807) is 21.9 Å². The van der Waals surface area contributed by atoms with Crippen molar-refractivity contribution in [3.05, 3.63) is 39.9 Å². The van der Waals surface area contributed by atoms with Crippen molar-refractivity contribution in [2.75, 3.05) is 44.7 Å². The van der Waals surface area contributed by atoms with Gasteiger partial charge < -0.3 is 19.1 Å². The second-order valence-corrected chi connectivity index (χ2v) is 8.64. The molecule has 1 N–H and O–H groups in total. The highest BCUT2D eigenvalue weighted by molar-refractivity contribution is 7.10. The van der Waals surface area contributed by atoms with Crippen LogP contribution in [0.15, 0.2) is 23.0 Å². The summed E-state index contributed by atoms with van der Waals surface area (Å²) in [5.41, 5.74) is 1.17. The van der Waals surface area contributed by atoms with Crippen LogP contribution in [-0.4, -0.2) is 75.3 Å². The summed E-state index contributed by atoms with van der Waals surface area (Å²) in [6.45, 7) is 3.71. The van der Waals surface area contributed by atoms with E-state index >= 15 is 0 Å². The van der Waals surface area contributed by atoms with E-state index in [9.17, 15) is 14.4 Å². The minimum atomic E-state index is -0.265. The first-order valence-corrected chi connectivity index (χ1v) is 10.8. The Balaban J connectivity index is 1.30. The Kier molecular flexibility index (Phi) is 4.99. The van der Waals surface area contributed by atoms with Crippen LogP contribution in [0.4, 0.5) is 9.80 Å². The second-order valence-electron chi connectivity index (χ2n) is 7.89. The molecule has 3 aliphatic rings. The number of hydrogen-bond acceptors (Lipinski definition) is 7. The standard InChI is InChI=1S/C19H22N6O4S/c26-15-3-1-2-14-13-8-12(10-25(14)15)9-24(11-13)19(28)20-17-16(21-22-30-17)18(27)23-4-6-29-7-5-23/h1-3,12-13H,4-11H2,(H,20,28)/t12-,13+/m1/s1. The molecule has 10 nitrogen and oxygen atoms in total. The van der Waals surface area contributed by atoms with Crippen LogP contribution < -0.4 is 10.9 Å². The van der Waals surface area contributed by atoms with Gasteiger partial charge in [0.05, 0.1) is 13.2 Å². The number of aromatic nitrogens is 3. The normalized spacial score (nSPS) is 23.1. The number of pyridine rings is 1. The number of carbonyl (C=O) groups is 2. The van der Waals surface area contributed by atoms with Crippen molar-refractivity contribution in [3.8, 4) is 0 Å². The first-order chi connectivity index (χ1) is 14.6. The fourth-order valence-electron chi connectivity index (χ4n) is 4.57. The van der Waals surface area contributed by atoms with Gasteiger partial charge >= 0.3 is 6.03 Å². The van der Waals surface area contributed by atoms with Crippen molar-refractivity contribution < 1.29 is 14.3 Å². The summed E-state index contributed by atoms with van der Waals surface area (Å²) >= 11 is 1.00. The van der Waals surface area contributed by atoms with Crippen LogP contribution in [0.2, 0.25) is 0 Å². The Bertz CT molecular complexity index is 1030. The van der Waals surface area contributed by atoms with E-state index < -0.39 is 0 Å². The number of piperidine rings is 1. The molecule has 2 fully saturated rings. The summed E-state index contributed by atoms with van der Waals surface area (Å²) < 4.78 is 11.0. The number of carbonyl (C=O) groups excluding carboxylic acids is 2. The molecule has 2 atom stereocenters. The average molecular weight is 430 g/mol. The summed E-state index contributed by atoms with van der Waals surface area (Å²) in [5, 5.41) is 7.15. The number of morpholine rings is 1. The number of nitrogens with one attached hydrogen (secondary N) is 1. The highest BCUT2D eigenvalue weighted by Gasteiger charge is 2.37. The Morgan fingerprint density at radius 1 is 1.13 bits per heavy atom. The molecule has 2 saturated heterocycles. The summed E-state index contributed by atoms with van der Waals surface area (Å²) in [5.74, 6) is 0.119. The van der Waals surface area contributed by atoms with Gasteiger partial charge in [0.1, 0.15) is 0 Å². The summed E-state index contributed by atoms with van der Waals surface area (Å²) in [7, 11) is 0. The van der Waals surface area contributed by atoms with Gasteiger partial charge in [0.2, 0.25) is 0 Å². The van der Waals surface area contributed by atoms with Gasteiger partial charge in [-0.3, -0.25) is 14.9 Å². The average Bonchev–Trinajstić information content (AvgIpc) is 3.22. The third kappa shape index (κ3) is 3.47. The topological polar surface area (TPSA) is 110 Å². The zero-order chi connectivity index (χ0) is 20.7. The Morgan fingerprint density at radius 3 is 2.80 bits per heavy atom. The molecule has 0 spiro atoms. The minimum absolute atomic E-state index is 0.0158. The zero-order valence-electron chi connectivity index (χ0n) is 16.3. The van der Waals surface area contributed by atoms with Gasteiger partial charge in [0, 0.05) is 61.9 Å². The van der Waals surface area contributed by atoms with Crippen molar-refractivity contribution >= 4 is 28.5 Å². The molecule has 3 amide bonds. The number of amides is 3. The van der Waals surface area contributed by atoms with Crippen LogP contribution in [0.25, 0.3) is 0 Å². The fourth-order valence-corrected chi connectivity index (χ4v) is 5.12. The third-order valence-electron chi connectivity index (χ3n) is 5.98. The number of anilines is 1. The molecule has 0 unspecified atom stereocenters. The van der Waals surface area contributed by atoms with Crippen molar-refractivity contribution in [2.24, 2.45) is 5.92 Å². The zero-order valence-corrected chi connectivity index (χ0v) is 17.1. The van der Waals surface area contributed by atoms with Gasteiger partial charge in [-0.1, -0.05) is 10.6 Å². The highest BCUT2D eigenvalue weighted by atomic mass is 32.1. The molecule has 3 aliphatic heterocycles. The van der Waals surface area contributed by atoms with Gasteiger partial charge in [0.15, 0.2) is 10.7 Å². The van der Waals surface area contributed by atoms with E-state index in [4.69, 9.17) is 4.74 Å². The van der Waals surface area contributed by atoms with Crippen LogP contribution in [0.3, 0.4) is 0 Å². The first kappa shape index (κ1) is 19.2. The predicted molar refractivity (Wildman–Crippen MR) is 109 cm³/mol. The molecule has 11 heteroatoms. The number of likely N-dealkylation sites (tertiary alicyclic amines) is 1. The molecule has 2 aromatic heterocycles. The lowest BCUT2D eigenvalue weighted by Gasteiger charge is -2.42. The SMILES string of the molecule is O=C(Nc1snnc1C(=O)N1CCOCC1)N1C[C@H]2C[C@@H](C1)c1cccc(=O)n1C2. The maximum Gasteiger partial charge on any atom is 0.322 e. The van der Waals surface area contributed by atoms with E-state index in [0.717, 1.165) is 23.6 Å². The number of ether oxygens (including phenoxy) is 1. The Hall–Kier alpha value is -2.79. The van der Waals surface area contributed by atoms with Gasteiger partial charge in [-0.05, 0) is 18.4 Å². The molecule has 2 aromatic rings. The summed E-state index contributed by atoms with van der Waals surface area (Å²) in [4.78, 5) is 41.3. The Morgan fingerprint density at radius 2 is 1.97 bits per heavy atom. The largest absolute Gasteiger partial charge is 0.378 e. The fraction of sp³-hybridized carbons (Fsp3) is 0.526. The molecule has 2 bridgehead atoms. The molecule has 158 valence electrons. The monoisotopic (exact) mass is 430 g/mol. The van der Waals surface area contributed by atoms with E-state index in [1.165, 1.54) is 0 Å². The molecule has 30 heavy (non-hydrogen) atoms. The lowest BCUT2D eigenvalue weighted by Crippen LogP contribution is -2.50. The lowest BCUT2D eigenvalue weighted by molar-refractivity contribution is 0.0299. The second kappa shape index (κ2) is 7.80. The quantitative estimate of drug-likeness (QED) is 0.756. The summed E-state index contributed by atoms with van der Waals surface area (Å²) in [6, 6.07) is 5.06. The van der Waals surface area contributed by atoms with Crippen molar-refractivity contribution in [1.29, 1.82) is 0 Å². The smallest absolute Gasteiger partial charge is 0.322 e. The highest BCUT2D eigenvalue weighted by Crippen LogP contribution is 2.35. The molecular weight excluding hydrogens is 408 g/mol. The van der Waals surface area contributed by atoms with Crippen molar-refractivity contribution in [1.82, 2.24) is 24.0 Å². The summed E-state index contributed by atoms with van der Waals surface area (Å²) in [6.07, 6.45) is 0.968. The third-order valence-corrected chi connectivity index (χ3v) is 6.62. The van der Waals surface area contributed by atoms with E-state index in [2.05, 4.69) is 14.9 Å². The van der Waals surface area contributed by atoms with Crippen LogP contribution in [0.5, 0.6) is 0 Å². The van der Waals surface area contributed by atoms with Gasteiger partial charge in [-0.25, -0.2) is 4.79 Å². The number of urea groups is 1. The Labute approximate surface area is 176 Å². The molecule has 0 aromatic carbocycles. The van der Waals surface area contributed by atoms with Gasteiger partial charge in [-0.2, -0.15) is 0 Å². The number of rotatable bonds is 2. The van der Waals surface area contributed by atoms with Crippen molar-refractivity contribution in [2.45, 2.75) is 18.9 Å². The number of hydrogen-bond donors (Lipinski definition) is 1. The molecular formula is C19H22N6O4S. The van der Waals surface area contributed by atoms with Crippen LogP contribution in [-0.2, 0) is 11.3 Å². The maximum absolute atomic E-state index is 13.0. The minimum Gasteiger partial charge on any atom is -0.378 e. The van der Waals surface area contributed by atoms with Crippen molar-refractivity contribution in [3.63, 3.8) is 0 Å². The van der Waals surface area contributed by atoms with E-state index in [0.29, 0.717) is 50.9 Å². The molecule has 5 heterocycles. The van der Waals surface area contributed by atoms with E-state index in [-0.39, 0.29) is 35.0 Å². The molecule has 0 aliphatic carbocycles. The predicted octanol–water partition coefficient (Wildman–Crippen LogP) is 0.823. The lowest BCUT2D eigenvalue weighted by atomic mass is 9.83. The molecule has 0 radical (unpaired) electrons. The molecule has 0 saturated carbocycles. The van der Waals surface area contributed by atoms with Gasteiger partial charge in [-0.15, -0.1) is 5.10 Å². The van der Waals surface area contributed by atoms with Crippen LogP contribution in [0, 0.1) is 5.92 Å². The number of fused-ring (bicyclic) bond motifs is 4.